The standard InChI is InChI=1S/C20H20N8O4/c1-11(17-23-10-24-27-17)32-28-19(29)15-16(22)25-18(13-4-2-3-12(7-13)8-21)26-20(15)31-14-5-6-30-9-14/h2-4,7,10-11,14H,5-6,9H2,1H3,(H,28,29)(H2,22,25,26)(H,23,24,27)/t11-,14+/m1/s1. The number of nitrogen functional groups attached to an aromatic ring is 1. The fourth-order valence-corrected chi connectivity index (χ4v) is 3.04. The van der Waals surface area contributed by atoms with Crippen LogP contribution in [0.1, 0.15) is 41.2 Å². The Balaban J connectivity index is 1.63. The quantitative estimate of drug-likeness (QED) is 0.458. The highest BCUT2D eigenvalue weighted by molar-refractivity contribution is 6.00. The van der Waals surface area contributed by atoms with Gasteiger partial charge < -0.3 is 15.2 Å². The molecule has 1 aliphatic rings. The number of nitrogens with one attached hydrogen (secondary N) is 2. The Morgan fingerprint density at radius 3 is 3.03 bits per heavy atom. The molecule has 12 nitrogen and oxygen atoms in total. The van der Waals surface area contributed by atoms with Gasteiger partial charge in [-0.15, -0.1) is 0 Å². The SMILES string of the molecule is C[C@@H](ONC(=O)c1c(N)nc(-c2cccc(C#N)c2)nc1O[C@H]1CCOC1)c1ncn[nH]1. The van der Waals surface area contributed by atoms with Crippen molar-refractivity contribution in [2.24, 2.45) is 0 Å². The van der Waals surface area contributed by atoms with Crippen LogP contribution in [0.2, 0.25) is 0 Å². The number of benzene rings is 1. The molecule has 4 rings (SSSR count). The van der Waals surface area contributed by atoms with E-state index in [9.17, 15) is 4.79 Å². The normalized spacial score (nSPS) is 16.3. The van der Waals surface area contributed by atoms with E-state index in [1.54, 1.807) is 31.2 Å². The Labute approximate surface area is 182 Å². The minimum atomic E-state index is -0.680. The molecular weight excluding hydrogens is 416 g/mol. The molecular formula is C20H20N8O4. The second-order valence-electron chi connectivity index (χ2n) is 6.97. The Morgan fingerprint density at radius 1 is 1.44 bits per heavy atom. The van der Waals surface area contributed by atoms with Crippen molar-refractivity contribution >= 4 is 11.7 Å². The molecule has 3 heterocycles. The summed E-state index contributed by atoms with van der Waals surface area (Å²) in [5.74, 6) is -0.124. The summed E-state index contributed by atoms with van der Waals surface area (Å²) < 4.78 is 11.3. The largest absolute Gasteiger partial charge is 0.471 e. The first-order valence-electron chi connectivity index (χ1n) is 9.79. The van der Waals surface area contributed by atoms with E-state index in [4.69, 9.17) is 25.3 Å². The molecule has 0 unspecified atom stereocenters. The summed E-state index contributed by atoms with van der Waals surface area (Å²) in [4.78, 5) is 30.9. The molecule has 0 spiro atoms. The zero-order chi connectivity index (χ0) is 22.5. The van der Waals surface area contributed by atoms with Gasteiger partial charge in [-0.05, 0) is 19.1 Å². The van der Waals surface area contributed by atoms with Crippen molar-refractivity contribution < 1.29 is 19.1 Å². The van der Waals surface area contributed by atoms with Gasteiger partial charge >= 0.3 is 0 Å². The predicted molar refractivity (Wildman–Crippen MR) is 110 cm³/mol. The molecule has 0 aliphatic carbocycles. The average molecular weight is 436 g/mol. The molecule has 32 heavy (non-hydrogen) atoms. The second-order valence-corrected chi connectivity index (χ2v) is 6.97. The molecule has 1 aliphatic heterocycles. The number of hydrogen-bond acceptors (Lipinski definition) is 10. The van der Waals surface area contributed by atoms with Crippen LogP contribution in [0.4, 0.5) is 5.82 Å². The van der Waals surface area contributed by atoms with Gasteiger partial charge in [0.05, 0.1) is 24.8 Å². The van der Waals surface area contributed by atoms with E-state index in [0.717, 1.165) is 0 Å². The van der Waals surface area contributed by atoms with E-state index in [0.29, 0.717) is 36.6 Å². The van der Waals surface area contributed by atoms with Gasteiger partial charge in [-0.1, -0.05) is 12.1 Å². The molecule has 1 aromatic carbocycles. The van der Waals surface area contributed by atoms with Crippen LogP contribution >= 0.6 is 0 Å². The molecule has 3 aromatic rings. The number of aromatic nitrogens is 5. The number of hydroxylamine groups is 1. The van der Waals surface area contributed by atoms with Crippen molar-refractivity contribution in [3.8, 4) is 23.3 Å². The van der Waals surface area contributed by atoms with Crippen molar-refractivity contribution in [2.75, 3.05) is 18.9 Å². The molecule has 1 fully saturated rings. The molecule has 2 atom stereocenters. The van der Waals surface area contributed by atoms with Gasteiger partial charge in [-0.3, -0.25) is 14.7 Å². The highest BCUT2D eigenvalue weighted by Gasteiger charge is 2.27. The number of ether oxygens (including phenoxy) is 2. The van der Waals surface area contributed by atoms with Crippen LogP contribution in [0.5, 0.6) is 5.88 Å². The third-order valence-corrected chi connectivity index (χ3v) is 4.69. The smallest absolute Gasteiger partial charge is 0.284 e. The van der Waals surface area contributed by atoms with E-state index in [1.165, 1.54) is 6.33 Å². The van der Waals surface area contributed by atoms with E-state index in [1.807, 2.05) is 0 Å². The van der Waals surface area contributed by atoms with Gasteiger partial charge in [0.15, 0.2) is 11.6 Å². The van der Waals surface area contributed by atoms with Crippen LogP contribution in [0.15, 0.2) is 30.6 Å². The number of carbonyl (C=O) groups is 1. The maximum Gasteiger partial charge on any atom is 0.284 e. The fourth-order valence-electron chi connectivity index (χ4n) is 3.04. The number of nitrogens with two attached hydrogens (primary N) is 1. The maximum atomic E-state index is 12.9. The lowest BCUT2D eigenvalue weighted by Crippen LogP contribution is -2.29. The van der Waals surface area contributed by atoms with Gasteiger partial charge in [0.1, 0.15) is 29.9 Å². The van der Waals surface area contributed by atoms with Gasteiger partial charge in [0.2, 0.25) is 5.88 Å². The Morgan fingerprint density at radius 2 is 2.31 bits per heavy atom. The van der Waals surface area contributed by atoms with Crippen molar-refractivity contribution in [2.45, 2.75) is 25.6 Å². The first-order chi connectivity index (χ1) is 15.5. The lowest BCUT2D eigenvalue weighted by atomic mass is 10.1. The van der Waals surface area contributed by atoms with Gasteiger partial charge in [0, 0.05) is 12.0 Å². The zero-order valence-electron chi connectivity index (χ0n) is 17.1. The van der Waals surface area contributed by atoms with Crippen LogP contribution in [0.25, 0.3) is 11.4 Å². The Kier molecular flexibility index (Phi) is 6.20. The summed E-state index contributed by atoms with van der Waals surface area (Å²) >= 11 is 0. The van der Waals surface area contributed by atoms with Crippen LogP contribution in [-0.4, -0.2) is 50.4 Å². The lowest BCUT2D eigenvalue weighted by molar-refractivity contribution is -0.0127. The van der Waals surface area contributed by atoms with Gasteiger partial charge in [-0.2, -0.15) is 15.3 Å². The molecule has 4 N–H and O–H groups in total. The third-order valence-electron chi connectivity index (χ3n) is 4.69. The summed E-state index contributed by atoms with van der Waals surface area (Å²) in [7, 11) is 0. The number of H-pyrrole nitrogens is 1. The van der Waals surface area contributed by atoms with Crippen molar-refractivity contribution in [1.82, 2.24) is 30.6 Å². The number of carbonyl (C=O) groups excluding carboxylic acids is 1. The molecule has 1 saturated heterocycles. The molecule has 0 saturated carbocycles. The summed E-state index contributed by atoms with van der Waals surface area (Å²) in [6.07, 6.45) is 1.09. The third kappa shape index (κ3) is 4.64. The lowest BCUT2D eigenvalue weighted by Gasteiger charge is -2.17. The number of nitriles is 1. The minimum Gasteiger partial charge on any atom is -0.471 e. The highest BCUT2D eigenvalue weighted by atomic mass is 16.7. The number of hydrogen-bond donors (Lipinski definition) is 3. The molecule has 164 valence electrons. The fraction of sp³-hybridized carbons (Fsp3) is 0.300. The topological polar surface area (TPSA) is 174 Å². The van der Waals surface area contributed by atoms with Crippen LogP contribution in [-0.2, 0) is 9.57 Å². The summed E-state index contributed by atoms with van der Waals surface area (Å²) in [5, 5.41) is 15.6. The monoisotopic (exact) mass is 436 g/mol. The number of rotatable bonds is 7. The molecule has 12 heteroatoms. The van der Waals surface area contributed by atoms with Crippen LogP contribution < -0.4 is 16.0 Å². The summed E-state index contributed by atoms with van der Waals surface area (Å²) in [6, 6.07) is 8.79. The second kappa shape index (κ2) is 9.38. The maximum absolute atomic E-state index is 12.9. The van der Waals surface area contributed by atoms with E-state index in [2.05, 4.69) is 36.7 Å². The minimum absolute atomic E-state index is 0.00113. The predicted octanol–water partition coefficient (Wildman–Crippen LogP) is 1.31. The molecule has 2 aromatic heterocycles. The Hall–Kier alpha value is -4.08. The van der Waals surface area contributed by atoms with Crippen LogP contribution in [0.3, 0.4) is 0 Å². The Bertz CT molecular complexity index is 1140. The zero-order valence-corrected chi connectivity index (χ0v) is 17.1. The van der Waals surface area contributed by atoms with E-state index in [-0.39, 0.29) is 29.2 Å². The van der Waals surface area contributed by atoms with E-state index < -0.39 is 12.0 Å². The van der Waals surface area contributed by atoms with Crippen molar-refractivity contribution in [1.29, 1.82) is 5.26 Å². The summed E-state index contributed by atoms with van der Waals surface area (Å²) in [6.45, 7) is 2.59. The van der Waals surface area contributed by atoms with Crippen LogP contribution in [0, 0.1) is 11.3 Å². The van der Waals surface area contributed by atoms with Crippen molar-refractivity contribution in [3.05, 3.63) is 47.5 Å². The van der Waals surface area contributed by atoms with E-state index >= 15 is 0 Å². The molecule has 0 bridgehead atoms. The highest BCUT2D eigenvalue weighted by Crippen LogP contribution is 2.28. The number of nitrogens with zero attached hydrogens (tertiary/aromatic N) is 5. The molecule has 0 radical (unpaired) electrons. The number of aromatic amines is 1. The average Bonchev–Trinajstić information content (AvgIpc) is 3.51. The first-order valence-corrected chi connectivity index (χ1v) is 9.79. The molecule has 1 amide bonds. The number of anilines is 1. The first kappa shape index (κ1) is 21.2. The van der Waals surface area contributed by atoms with Gasteiger partial charge in [0.25, 0.3) is 5.91 Å². The number of amides is 1. The van der Waals surface area contributed by atoms with Gasteiger partial charge in [-0.25, -0.2) is 15.4 Å². The summed E-state index contributed by atoms with van der Waals surface area (Å²) in [5.41, 5.74) is 9.39. The van der Waals surface area contributed by atoms with Crippen molar-refractivity contribution in [3.63, 3.8) is 0 Å².